The summed E-state index contributed by atoms with van der Waals surface area (Å²) in [5, 5.41) is 14.7. The van der Waals surface area contributed by atoms with Gasteiger partial charge in [0.25, 0.3) is 0 Å². The lowest BCUT2D eigenvalue weighted by molar-refractivity contribution is -0.385. The number of hydrogen-bond acceptors (Lipinski definition) is 6. The van der Waals surface area contributed by atoms with E-state index in [1.807, 2.05) is 44.2 Å². The Hall–Kier alpha value is -3.48. The zero-order chi connectivity index (χ0) is 20.3. The maximum Gasteiger partial charge on any atom is 0.373 e. The SMILES string of the molecule is Cc1ccc(Nc2ncnc(Oc3ccc(C(C)C)cc3)c2[N+](=O)[O-])cc1C. The first-order valence-corrected chi connectivity index (χ1v) is 8.96. The van der Waals surface area contributed by atoms with Crippen LogP contribution in [0, 0.1) is 24.0 Å². The first-order chi connectivity index (χ1) is 13.3. The zero-order valence-electron chi connectivity index (χ0n) is 16.3. The summed E-state index contributed by atoms with van der Waals surface area (Å²) in [5.74, 6) is 0.834. The summed E-state index contributed by atoms with van der Waals surface area (Å²) in [6.07, 6.45) is 1.24. The molecule has 7 heteroatoms. The maximum atomic E-state index is 11.7. The lowest BCUT2D eigenvalue weighted by atomic mass is 10.0. The second kappa shape index (κ2) is 8.04. The number of benzene rings is 2. The van der Waals surface area contributed by atoms with Crippen LogP contribution in [-0.4, -0.2) is 14.9 Å². The molecule has 144 valence electrons. The fraction of sp³-hybridized carbons (Fsp3) is 0.238. The van der Waals surface area contributed by atoms with Crippen LogP contribution in [0.3, 0.4) is 0 Å². The minimum absolute atomic E-state index is 0.0806. The molecule has 1 aromatic heterocycles. The zero-order valence-corrected chi connectivity index (χ0v) is 16.3. The van der Waals surface area contributed by atoms with Crippen molar-refractivity contribution >= 4 is 17.2 Å². The minimum atomic E-state index is -0.540. The third-order valence-electron chi connectivity index (χ3n) is 4.50. The molecule has 0 aliphatic rings. The van der Waals surface area contributed by atoms with Gasteiger partial charge in [0.15, 0.2) is 0 Å². The fourth-order valence-electron chi connectivity index (χ4n) is 2.68. The number of anilines is 2. The molecule has 28 heavy (non-hydrogen) atoms. The van der Waals surface area contributed by atoms with E-state index < -0.39 is 4.92 Å². The Balaban J connectivity index is 1.92. The molecule has 0 fully saturated rings. The molecule has 3 rings (SSSR count). The highest BCUT2D eigenvalue weighted by molar-refractivity contribution is 5.69. The first kappa shape index (κ1) is 19.3. The average Bonchev–Trinajstić information content (AvgIpc) is 2.65. The van der Waals surface area contributed by atoms with Crippen molar-refractivity contribution in [2.75, 3.05) is 5.32 Å². The van der Waals surface area contributed by atoms with Gasteiger partial charge in [-0.05, 0) is 60.7 Å². The number of rotatable bonds is 6. The van der Waals surface area contributed by atoms with Crippen LogP contribution < -0.4 is 10.1 Å². The van der Waals surface area contributed by atoms with Crippen LogP contribution in [0.1, 0.15) is 36.5 Å². The third-order valence-corrected chi connectivity index (χ3v) is 4.50. The molecule has 3 aromatic rings. The fourth-order valence-corrected chi connectivity index (χ4v) is 2.68. The monoisotopic (exact) mass is 378 g/mol. The summed E-state index contributed by atoms with van der Waals surface area (Å²) in [4.78, 5) is 19.2. The van der Waals surface area contributed by atoms with Crippen molar-refractivity contribution in [2.45, 2.75) is 33.6 Å². The van der Waals surface area contributed by atoms with Crippen molar-refractivity contribution in [3.8, 4) is 11.6 Å². The first-order valence-electron chi connectivity index (χ1n) is 8.96. The van der Waals surface area contributed by atoms with Gasteiger partial charge in [-0.15, -0.1) is 0 Å². The highest BCUT2D eigenvalue weighted by Crippen LogP contribution is 2.35. The lowest BCUT2D eigenvalue weighted by Crippen LogP contribution is -2.04. The molecule has 1 N–H and O–H groups in total. The van der Waals surface area contributed by atoms with Gasteiger partial charge in [-0.3, -0.25) is 10.1 Å². The maximum absolute atomic E-state index is 11.7. The molecule has 0 amide bonds. The normalized spacial score (nSPS) is 10.8. The molecule has 0 unspecified atom stereocenters. The van der Waals surface area contributed by atoms with Crippen LogP contribution in [0.2, 0.25) is 0 Å². The van der Waals surface area contributed by atoms with Crippen LogP contribution in [0.25, 0.3) is 0 Å². The van der Waals surface area contributed by atoms with E-state index in [2.05, 4.69) is 29.1 Å². The van der Waals surface area contributed by atoms with E-state index in [-0.39, 0.29) is 17.4 Å². The van der Waals surface area contributed by atoms with E-state index in [4.69, 9.17) is 4.74 Å². The van der Waals surface area contributed by atoms with Crippen molar-refractivity contribution in [1.29, 1.82) is 0 Å². The van der Waals surface area contributed by atoms with Crippen molar-refractivity contribution in [1.82, 2.24) is 9.97 Å². The van der Waals surface area contributed by atoms with Crippen LogP contribution in [0.15, 0.2) is 48.8 Å². The van der Waals surface area contributed by atoms with E-state index in [1.165, 1.54) is 6.33 Å². The van der Waals surface area contributed by atoms with E-state index in [9.17, 15) is 10.1 Å². The summed E-state index contributed by atoms with van der Waals surface area (Å²) < 4.78 is 5.69. The number of aromatic nitrogens is 2. The van der Waals surface area contributed by atoms with Crippen molar-refractivity contribution in [2.24, 2.45) is 0 Å². The molecule has 2 aromatic carbocycles. The van der Waals surface area contributed by atoms with E-state index in [0.717, 1.165) is 16.7 Å². The molecule has 0 atom stereocenters. The van der Waals surface area contributed by atoms with Gasteiger partial charge in [0.1, 0.15) is 12.1 Å². The van der Waals surface area contributed by atoms with E-state index in [0.29, 0.717) is 17.4 Å². The Morgan fingerprint density at radius 2 is 1.75 bits per heavy atom. The third kappa shape index (κ3) is 4.25. The molecule has 0 saturated carbocycles. The minimum Gasteiger partial charge on any atom is -0.434 e. The molecule has 0 aliphatic carbocycles. The quantitative estimate of drug-likeness (QED) is 0.439. The van der Waals surface area contributed by atoms with Crippen molar-refractivity contribution < 1.29 is 9.66 Å². The number of ether oxygens (including phenoxy) is 1. The van der Waals surface area contributed by atoms with Crippen LogP contribution in [0.5, 0.6) is 11.6 Å². The van der Waals surface area contributed by atoms with E-state index in [1.54, 1.807) is 12.1 Å². The molecule has 7 nitrogen and oxygen atoms in total. The summed E-state index contributed by atoms with van der Waals surface area (Å²) in [5.41, 5.74) is 3.76. The van der Waals surface area contributed by atoms with Gasteiger partial charge in [0, 0.05) is 5.69 Å². The standard InChI is InChI=1S/C21H22N4O3/c1-13(2)16-6-9-18(10-7-16)28-21-19(25(26)27)20(22-12-23-21)24-17-8-5-14(3)15(4)11-17/h5-13H,1-4H3,(H,22,23,24). The highest BCUT2D eigenvalue weighted by atomic mass is 16.6. The summed E-state index contributed by atoms with van der Waals surface area (Å²) in [6, 6.07) is 13.1. The molecule has 0 radical (unpaired) electrons. The topological polar surface area (TPSA) is 90.2 Å². The Morgan fingerprint density at radius 1 is 1.04 bits per heavy atom. The van der Waals surface area contributed by atoms with Gasteiger partial charge in [-0.1, -0.05) is 32.0 Å². The molecule has 1 heterocycles. The average molecular weight is 378 g/mol. The van der Waals surface area contributed by atoms with E-state index >= 15 is 0 Å². The number of nitro groups is 1. The lowest BCUT2D eigenvalue weighted by Gasteiger charge is -2.11. The van der Waals surface area contributed by atoms with Crippen molar-refractivity contribution in [3.05, 3.63) is 75.6 Å². The summed E-state index contributed by atoms with van der Waals surface area (Å²) in [7, 11) is 0. The summed E-state index contributed by atoms with van der Waals surface area (Å²) in [6.45, 7) is 8.17. The number of hydrogen-bond donors (Lipinski definition) is 1. The largest absolute Gasteiger partial charge is 0.434 e. The van der Waals surface area contributed by atoms with Gasteiger partial charge in [-0.25, -0.2) is 4.98 Å². The van der Waals surface area contributed by atoms with Crippen LogP contribution >= 0.6 is 0 Å². The van der Waals surface area contributed by atoms with Gasteiger partial charge in [0.05, 0.1) is 4.92 Å². The number of nitrogens with one attached hydrogen (secondary N) is 1. The smallest absolute Gasteiger partial charge is 0.373 e. The van der Waals surface area contributed by atoms with Crippen LogP contribution in [-0.2, 0) is 0 Å². The Kier molecular flexibility index (Phi) is 5.54. The Labute approximate surface area is 163 Å². The number of nitrogens with zero attached hydrogens (tertiary/aromatic N) is 3. The molecule has 0 saturated heterocycles. The summed E-state index contributed by atoms with van der Waals surface area (Å²) >= 11 is 0. The van der Waals surface area contributed by atoms with Crippen molar-refractivity contribution in [3.63, 3.8) is 0 Å². The molecule has 0 spiro atoms. The van der Waals surface area contributed by atoms with Gasteiger partial charge >= 0.3 is 11.6 Å². The second-order valence-corrected chi connectivity index (χ2v) is 6.88. The molecular formula is C21H22N4O3. The predicted octanol–water partition coefficient (Wildman–Crippen LogP) is 5.66. The van der Waals surface area contributed by atoms with Gasteiger partial charge in [-0.2, -0.15) is 4.98 Å². The number of aryl methyl sites for hydroxylation is 2. The van der Waals surface area contributed by atoms with Crippen LogP contribution in [0.4, 0.5) is 17.2 Å². The molecule has 0 bridgehead atoms. The van der Waals surface area contributed by atoms with Gasteiger partial charge in [0.2, 0.25) is 5.82 Å². The molecule has 0 aliphatic heterocycles. The Bertz CT molecular complexity index is 1000. The molecular weight excluding hydrogens is 356 g/mol. The predicted molar refractivity (Wildman–Crippen MR) is 108 cm³/mol. The van der Waals surface area contributed by atoms with Gasteiger partial charge < -0.3 is 10.1 Å². The second-order valence-electron chi connectivity index (χ2n) is 6.88. The highest BCUT2D eigenvalue weighted by Gasteiger charge is 2.25. The Morgan fingerprint density at radius 3 is 2.36 bits per heavy atom.